The molecule has 0 atom stereocenters. The summed E-state index contributed by atoms with van der Waals surface area (Å²) in [4.78, 5) is 10.5. The molecule has 0 aliphatic carbocycles. The minimum atomic E-state index is 0.371. The average Bonchev–Trinajstić information content (AvgIpc) is 2.39. The summed E-state index contributed by atoms with van der Waals surface area (Å²) in [6, 6.07) is 1.70. The van der Waals surface area contributed by atoms with Crippen LogP contribution in [-0.2, 0) is 16.1 Å². The Morgan fingerprint density at radius 2 is 2.05 bits per heavy atom. The first kappa shape index (κ1) is 16.6. The van der Waals surface area contributed by atoms with Crippen LogP contribution >= 0.6 is 0 Å². The predicted molar refractivity (Wildman–Crippen MR) is 79.6 cm³/mol. The number of likely N-dealkylation sites (N-methyl/N-ethyl adjacent to an activating group) is 1. The molecule has 0 aromatic carbocycles. The van der Waals surface area contributed by atoms with Crippen molar-refractivity contribution in [3.05, 3.63) is 11.9 Å². The van der Waals surface area contributed by atoms with Crippen molar-refractivity contribution in [2.45, 2.75) is 13.5 Å². The summed E-state index contributed by atoms with van der Waals surface area (Å²) in [6.45, 7) is 5.86. The lowest BCUT2D eigenvalue weighted by Crippen LogP contribution is -2.20. The smallest absolute Gasteiger partial charge is 0.158 e. The molecule has 1 rings (SSSR count). The van der Waals surface area contributed by atoms with Crippen LogP contribution in [0.2, 0.25) is 0 Å². The summed E-state index contributed by atoms with van der Waals surface area (Å²) in [6.07, 6.45) is 0. The van der Waals surface area contributed by atoms with Crippen molar-refractivity contribution >= 4 is 11.6 Å². The minimum Gasteiger partial charge on any atom is -0.384 e. The highest BCUT2D eigenvalue weighted by Crippen LogP contribution is 2.08. The normalized spacial score (nSPS) is 11.0. The van der Waals surface area contributed by atoms with Gasteiger partial charge in [-0.05, 0) is 21.0 Å². The van der Waals surface area contributed by atoms with Gasteiger partial charge in [0, 0.05) is 25.8 Å². The van der Waals surface area contributed by atoms with Gasteiger partial charge in [-0.1, -0.05) is 0 Å². The van der Waals surface area contributed by atoms with Gasteiger partial charge in [-0.3, -0.25) is 0 Å². The molecule has 7 nitrogen and oxygen atoms in total. The fourth-order valence-electron chi connectivity index (χ4n) is 1.47. The van der Waals surface area contributed by atoms with Crippen LogP contribution in [0.25, 0.3) is 0 Å². The van der Waals surface area contributed by atoms with Crippen LogP contribution in [0.5, 0.6) is 0 Å². The van der Waals surface area contributed by atoms with Gasteiger partial charge in [0.15, 0.2) is 5.82 Å². The zero-order valence-electron chi connectivity index (χ0n) is 12.6. The number of aromatic nitrogens is 2. The molecule has 0 fully saturated rings. The van der Waals surface area contributed by atoms with E-state index in [2.05, 4.69) is 20.2 Å². The highest BCUT2D eigenvalue weighted by atomic mass is 16.5. The van der Waals surface area contributed by atoms with Crippen LogP contribution < -0.4 is 11.1 Å². The van der Waals surface area contributed by atoms with E-state index in [-0.39, 0.29) is 0 Å². The second kappa shape index (κ2) is 9.46. The highest BCUT2D eigenvalue weighted by Gasteiger charge is 2.02. The predicted octanol–water partition coefficient (Wildman–Crippen LogP) is 0.585. The fraction of sp³-hybridized carbons (Fsp3) is 0.692. The molecular weight excluding hydrogens is 258 g/mol. The van der Waals surface area contributed by atoms with Gasteiger partial charge in [0.1, 0.15) is 18.2 Å². The zero-order valence-corrected chi connectivity index (χ0v) is 12.6. The number of anilines is 2. The van der Waals surface area contributed by atoms with Crippen LogP contribution in [0.4, 0.5) is 11.6 Å². The third-order valence-corrected chi connectivity index (χ3v) is 2.46. The van der Waals surface area contributed by atoms with Crippen LogP contribution in [0.1, 0.15) is 12.7 Å². The molecule has 1 aromatic rings. The standard InChI is InChI=1S/C13H25N5O2/c1-4-19-10-13-16-11(14)9-12(17-13)15-5-7-20-8-6-18(2)3/h9H,4-8,10H2,1-3H3,(H3,14,15,16,17). The quantitative estimate of drug-likeness (QED) is 0.608. The first-order valence-corrected chi connectivity index (χ1v) is 6.79. The van der Waals surface area contributed by atoms with Gasteiger partial charge >= 0.3 is 0 Å². The van der Waals surface area contributed by atoms with Crippen molar-refractivity contribution in [2.75, 3.05) is 58.1 Å². The minimum absolute atomic E-state index is 0.371. The Bertz CT molecular complexity index is 387. The van der Waals surface area contributed by atoms with Gasteiger partial charge in [0.25, 0.3) is 0 Å². The topological polar surface area (TPSA) is 85.5 Å². The largest absolute Gasteiger partial charge is 0.384 e. The molecule has 0 spiro atoms. The SMILES string of the molecule is CCOCc1nc(N)cc(NCCOCCN(C)C)n1. The van der Waals surface area contributed by atoms with Gasteiger partial charge in [0.2, 0.25) is 0 Å². The summed E-state index contributed by atoms with van der Waals surface area (Å²) in [5.41, 5.74) is 5.73. The first-order valence-electron chi connectivity index (χ1n) is 6.79. The van der Waals surface area contributed by atoms with Crippen molar-refractivity contribution in [2.24, 2.45) is 0 Å². The van der Waals surface area contributed by atoms with Gasteiger partial charge in [-0.25, -0.2) is 9.97 Å². The number of rotatable bonds is 10. The van der Waals surface area contributed by atoms with Gasteiger partial charge in [0.05, 0.1) is 13.2 Å². The second-order valence-electron chi connectivity index (χ2n) is 4.57. The van der Waals surface area contributed by atoms with E-state index in [0.29, 0.717) is 43.8 Å². The molecule has 0 bridgehead atoms. The molecule has 7 heteroatoms. The van der Waals surface area contributed by atoms with Crippen molar-refractivity contribution in [1.82, 2.24) is 14.9 Å². The van der Waals surface area contributed by atoms with E-state index in [1.165, 1.54) is 0 Å². The Morgan fingerprint density at radius 1 is 1.25 bits per heavy atom. The maximum atomic E-state index is 5.73. The monoisotopic (exact) mass is 283 g/mol. The Balaban J connectivity index is 2.30. The van der Waals surface area contributed by atoms with E-state index in [1.54, 1.807) is 6.07 Å². The number of nitrogens with two attached hydrogens (primary N) is 1. The average molecular weight is 283 g/mol. The number of ether oxygens (including phenoxy) is 2. The molecule has 0 amide bonds. The molecule has 3 N–H and O–H groups in total. The molecule has 1 aromatic heterocycles. The molecule has 0 aliphatic heterocycles. The van der Waals surface area contributed by atoms with Crippen molar-refractivity contribution in [3.63, 3.8) is 0 Å². The van der Waals surface area contributed by atoms with E-state index in [1.807, 2.05) is 21.0 Å². The summed E-state index contributed by atoms with van der Waals surface area (Å²) >= 11 is 0. The van der Waals surface area contributed by atoms with E-state index < -0.39 is 0 Å². The summed E-state index contributed by atoms with van der Waals surface area (Å²) < 4.78 is 10.8. The van der Waals surface area contributed by atoms with Gasteiger partial charge < -0.3 is 25.4 Å². The molecule has 0 saturated carbocycles. The van der Waals surface area contributed by atoms with Gasteiger partial charge in [-0.2, -0.15) is 0 Å². The van der Waals surface area contributed by atoms with E-state index in [4.69, 9.17) is 15.2 Å². The lowest BCUT2D eigenvalue weighted by molar-refractivity contribution is 0.126. The van der Waals surface area contributed by atoms with Crippen LogP contribution in [0, 0.1) is 0 Å². The third-order valence-electron chi connectivity index (χ3n) is 2.46. The number of hydrogen-bond acceptors (Lipinski definition) is 7. The van der Waals surface area contributed by atoms with Crippen molar-refractivity contribution < 1.29 is 9.47 Å². The van der Waals surface area contributed by atoms with Crippen LogP contribution in [-0.4, -0.2) is 61.9 Å². The summed E-state index contributed by atoms with van der Waals surface area (Å²) in [5.74, 6) is 1.72. The van der Waals surface area contributed by atoms with E-state index in [9.17, 15) is 0 Å². The third kappa shape index (κ3) is 7.22. The van der Waals surface area contributed by atoms with Crippen molar-refractivity contribution in [1.29, 1.82) is 0 Å². The lowest BCUT2D eigenvalue weighted by Gasteiger charge is -2.11. The number of nitrogens with one attached hydrogen (secondary N) is 1. The Hall–Kier alpha value is -1.44. The molecule has 0 radical (unpaired) electrons. The Kier molecular flexibility index (Phi) is 7.86. The lowest BCUT2D eigenvalue weighted by atomic mass is 10.4. The molecule has 1 heterocycles. The van der Waals surface area contributed by atoms with E-state index >= 15 is 0 Å². The molecule has 0 unspecified atom stereocenters. The Morgan fingerprint density at radius 3 is 2.75 bits per heavy atom. The van der Waals surface area contributed by atoms with Gasteiger partial charge in [-0.15, -0.1) is 0 Å². The van der Waals surface area contributed by atoms with E-state index in [0.717, 1.165) is 13.2 Å². The Labute approximate surface area is 120 Å². The highest BCUT2D eigenvalue weighted by molar-refractivity contribution is 5.44. The number of nitrogen functional groups attached to an aromatic ring is 1. The van der Waals surface area contributed by atoms with Crippen LogP contribution in [0.3, 0.4) is 0 Å². The second-order valence-corrected chi connectivity index (χ2v) is 4.57. The molecule has 114 valence electrons. The maximum absolute atomic E-state index is 5.73. The number of nitrogens with zero attached hydrogens (tertiary/aromatic N) is 3. The summed E-state index contributed by atoms with van der Waals surface area (Å²) in [7, 11) is 4.04. The maximum Gasteiger partial charge on any atom is 0.158 e. The summed E-state index contributed by atoms with van der Waals surface area (Å²) in [5, 5.41) is 3.17. The van der Waals surface area contributed by atoms with Crippen molar-refractivity contribution in [3.8, 4) is 0 Å². The first-order chi connectivity index (χ1) is 9.61. The molecule has 0 saturated heterocycles. The molecule has 0 aliphatic rings. The number of hydrogen-bond donors (Lipinski definition) is 2. The fourth-order valence-corrected chi connectivity index (χ4v) is 1.47. The zero-order chi connectivity index (χ0) is 14.8. The molecule has 20 heavy (non-hydrogen) atoms. The molecular formula is C13H25N5O2. The van der Waals surface area contributed by atoms with Crippen LogP contribution in [0.15, 0.2) is 6.07 Å².